The van der Waals surface area contributed by atoms with E-state index in [9.17, 15) is 22.8 Å². The number of halogens is 3. The molecule has 2 aromatic rings. The molecule has 0 saturated heterocycles. The molecule has 0 fully saturated rings. The number of benzene rings is 1. The number of amides is 1. The van der Waals surface area contributed by atoms with Crippen LogP contribution in [0.2, 0.25) is 0 Å². The van der Waals surface area contributed by atoms with E-state index in [2.05, 4.69) is 15.3 Å². The predicted molar refractivity (Wildman–Crippen MR) is 72.2 cm³/mol. The number of aromatic nitrogens is 2. The summed E-state index contributed by atoms with van der Waals surface area (Å²) in [5, 5.41) is 2.56. The Bertz CT molecular complexity index is 723. The molecule has 8 heteroatoms. The average Bonchev–Trinajstić information content (AvgIpc) is 2.46. The van der Waals surface area contributed by atoms with Gasteiger partial charge in [0.15, 0.2) is 0 Å². The van der Waals surface area contributed by atoms with Crippen molar-refractivity contribution in [2.45, 2.75) is 19.1 Å². The molecule has 5 nitrogen and oxygen atoms in total. The van der Waals surface area contributed by atoms with Gasteiger partial charge >= 0.3 is 6.18 Å². The lowest BCUT2D eigenvalue weighted by molar-refractivity contribution is -0.137. The average molecular weight is 311 g/mol. The van der Waals surface area contributed by atoms with Crippen LogP contribution >= 0.6 is 0 Å². The highest BCUT2D eigenvalue weighted by molar-refractivity contribution is 5.92. The minimum Gasteiger partial charge on any atom is -0.344 e. The van der Waals surface area contributed by atoms with Crippen LogP contribution in [0.1, 0.15) is 34.6 Å². The maximum Gasteiger partial charge on any atom is 0.416 e. The van der Waals surface area contributed by atoms with Crippen molar-refractivity contribution in [2.75, 3.05) is 0 Å². The first-order valence-corrected chi connectivity index (χ1v) is 6.30. The number of carbonyl (C=O) groups is 1. The molecule has 0 radical (unpaired) electrons. The van der Waals surface area contributed by atoms with Crippen molar-refractivity contribution in [2.24, 2.45) is 0 Å². The number of alkyl halides is 3. The Kier molecular flexibility index (Phi) is 4.30. The lowest BCUT2D eigenvalue weighted by Gasteiger charge is -2.15. The van der Waals surface area contributed by atoms with Crippen LogP contribution in [0.25, 0.3) is 0 Å². The zero-order valence-electron chi connectivity index (χ0n) is 11.4. The van der Waals surface area contributed by atoms with Crippen molar-refractivity contribution in [3.05, 3.63) is 63.8 Å². The highest BCUT2D eigenvalue weighted by atomic mass is 19.4. The topological polar surface area (TPSA) is 74.8 Å². The summed E-state index contributed by atoms with van der Waals surface area (Å²) in [7, 11) is 0. The largest absolute Gasteiger partial charge is 0.416 e. The first kappa shape index (κ1) is 15.7. The van der Waals surface area contributed by atoms with Crippen LogP contribution in [-0.2, 0) is 6.18 Å². The summed E-state index contributed by atoms with van der Waals surface area (Å²) >= 11 is 0. The van der Waals surface area contributed by atoms with E-state index < -0.39 is 29.2 Å². The lowest BCUT2D eigenvalue weighted by atomic mass is 10.1. The van der Waals surface area contributed by atoms with Gasteiger partial charge < -0.3 is 10.3 Å². The molecule has 0 saturated carbocycles. The van der Waals surface area contributed by atoms with E-state index in [1.165, 1.54) is 12.1 Å². The van der Waals surface area contributed by atoms with Gasteiger partial charge in [0.1, 0.15) is 5.69 Å². The fourth-order valence-electron chi connectivity index (χ4n) is 1.81. The fourth-order valence-corrected chi connectivity index (χ4v) is 1.81. The molecule has 0 bridgehead atoms. The highest BCUT2D eigenvalue weighted by Gasteiger charge is 2.30. The van der Waals surface area contributed by atoms with Gasteiger partial charge in [0.25, 0.3) is 11.5 Å². The molecule has 0 spiro atoms. The molecule has 0 aliphatic carbocycles. The van der Waals surface area contributed by atoms with Crippen molar-refractivity contribution in [1.29, 1.82) is 0 Å². The van der Waals surface area contributed by atoms with E-state index in [1.807, 2.05) is 0 Å². The van der Waals surface area contributed by atoms with Crippen LogP contribution in [0.4, 0.5) is 13.2 Å². The second kappa shape index (κ2) is 6.00. The molecule has 116 valence electrons. The van der Waals surface area contributed by atoms with Gasteiger partial charge in [0.05, 0.1) is 17.9 Å². The SMILES string of the molecule is CC(NC(=O)c1cc(=O)[nH]cn1)c1ccc(C(F)(F)F)cc1. The molecular weight excluding hydrogens is 299 g/mol. The van der Waals surface area contributed by atoms with Gasteiger partial charge in [-0.3, -0.25) is 9.59 Å². The van der Waals surface area contributed by atoms with Crippen molar-refractivity contribution in [3.63, 3.8) is 0 Å². The number of aromatic amines is 1. The second-order valence-electron chi connectivity index (χ2n) is 4.61. The van der Waals surface area contributed by atoms with E-state index in [0.717, 1.165) is 24.5 Å². The number of nitrogens with one attached hydrogen (secondary N) is 2. The molecule has 1 atom stereocenters. The van der Waals surface area contributed by atoms with Crippen molar-refractivity contribution in [1.82, 2.24) is 15.3 Å². The zero-order valence-corrected chi connectivity index (χ0v) is 11.4. The summed E-state index contributed by atoms with van der Waals surface area (Å²) in [5.41, 5.74) is -0.790. The summed E-state index contributed by atoms with van der Waals surface area (Å²) < 4.78 is 37.4. The zero-order chi connectivity index (χ0) is 16.3. The Labute approximate surface area is 123 Å². The van der Waals surface area contributed by atoms with Gasteiger partial charge in [-0.25, -0.2) is 4.98 Å². The molecule has 0 aliphatic rings. The molecule has 22 heavy (non-hydrogen) atoms. The smallest absolute Gasteiger partial charge is 0.344 e. The van der Waals surface area contributed by atoms with Gasteiger partial charge in [0, 0.05) is 6.07 Å². The van der Waals surface area contributed by atoms with Crippen LogP contribution in [0.5, 0.6) is 0 Å². The van der Waals surface area contributed by atoms with Crippen molar-refractivity contribution in [3.8, 4) is 0 Å². The fraction of sp³-hybridized carbons (Fsp3) is 0.214. The monoisotopic (exact) mass is 311 g/mol. The summed E-state index contributed by atoms with van der Waals surface area (Å²) in [5.74, 6) is -0.585. The van der Waals surface area contributed by atoms with Gasteiger partial charge in [-0.2, -0.15) is 13.2 Å². The summed E-state index contributed by atoms with van der Waals surface area (Å²) in [6, 6.07) is 4.98. The lowest BCUT2D eigenvalue weighted by Crippen LogP contribution is -2.28. The second-order valence-corrected chi connectivity index (χ2v) is 4.61. The van der Waals surface area contributed by atoms with Crippen molar-refractivity contribution >= 4 is 5.91 Å². The Balaban J connectivity index is 2.10. The summed E-state index contributed by atoms with van der Waals surface area (Å²) in [6.07, 6.45) is -3.31. The normalized spacial score (nSPS) is 12.7. The maximum atomic E-state index is 12.5. The number of nitrogens with zero attached hydrogens (tertiary/aromatic N) is 1. The van der Waals surface area contributed by atoms with E-state index in [4.69, 9.17) is 0 Å². The van der Waals surface area contributed by atoms with E-state index in [0.29, 0.717) is 5.56 Å². The van der Waals surface area contributed by atoms with Crippen LogP contribution in [0, 0.1) is 0 Å². The number of rotatable bonds is 3. The van der Waals surface area contributed by atoms with Crippen molar-refractivity contribution < 1.29 is 18.0 Å². The number of carbonyl (C=O) groups excluding carboxylic acids is 1. The Hall–Kier alpha value is -2.64. The number of hydrogen-bond donors (Lipinski definition) is 2. The summed E-state index contributed by atoms with van der Waals surface area (Å²) in [4.78, 5) is 29.0. The predicted octanol–water partition coefficient (Wildman–Crippen LogP) is 2.28. The Morgan fingerprint density at radius 1 is 1.27 bits per heavy atom. The number of H-pyrrole nitrogens is 1. The van der Waals surface area contributed by atoms with Gasteiger partial charge in [-0.05, 0) is 24.6 Å². The Morgan fingerprint density at radius 3 is 2.45 bits per heavy atom. The minimum atomic E-state index is -4.40. The van der Waals surface area contributed by atoms with Gasteiger partial charge in [-0.15, -0.1) is 0 Å². The van der Waals surface area contributed by atoms with E-state index in [-0.39, 0.29) is 5.69 Å². The first-order valence-electron chi connectivity index (χ1n) is 6.30. The van der Waals surface area contributed by atoms with Gasteiger partial charge in [-0.1, -0.05) is 12.1 Å². The highest BCUT2D eigenvalue weighted by Crippen LogP contribution is 2.29. The molecule has 2 rings (SSSR count). The quantitative estimate of drug-likeness (QED) is 0.913. The summed E-state index contributed by atoms with van der Waals surface area (Å²) in [6.45, 7) is 1.62. The standard InChI is InChI=1S/C14H12F3N3O2/c1-8(9-2-4-10(5-3-9)14(15,16)17)20-13(22)11-6-12(21)19-7-18-11/h2-8H,1H3,(H,20,22)(H,18,19,21). The van der Waals surface area contributed by atoms with Crippen LogP contribution in [-0.4, -0.2) is 15.9 Å². The minimum absolute atomic E-state index is 0.0671. The van der Waals surface area contributed by atoms with Crippen LogP contribution in [0.15, 0.2) is 41.5 Å². The Morgan fingerprint density at radius 2 is 1.91 bits per heavy atom. The maximum absolute atomic E-state index is 12.5. The molecular formula is C14H12F3N3O2. The molecule has 1 aromatic carbocycles. The molecule has 2 N–H and O–H groups in total. The van der Waals surface area contributed by atoms with Crippen LogP contribution < -0.4 is 10.9 Å². The van der Waals surface area contributed by atoms with Crippen LogP contribution in [0.3, 0.4) is 0 Å². The number of hydrogen-bond acceptors (Lipinski definition) is 3. The molecule has 1 unspecified atom stereocenters. The van der Waals surface area contributed by atoms with E-state index in [1.54, 1.807) is 6.92 Å². The first-order chi connectivity index (χ1) is 10.3. The third kappa shape index (κ3) is 3.72. The third-order valence-corrected chi connectivity index (χ3v) is 3.00. The van der Waals surface area contributed by atoms with E-state index >= 15 is 0 Å². The molecule has 1 heterocycles. The molecule has 1 aromatic heterocycles. The molecule has 1 amide bonds. The molecule has 0 aliphatic heterocycles. The third-order valence-electron chi connectivity index (χ3n) is 3.00. The van der Waals surface area contributed by atoms with Gasteiger partial charge in [0.2, 0.25) is 0 Å².